The first-order chi connectivity index (χ1) is 10.0. The van der Waals surface area contributed by atoms with E-state index in [2.05, 4.69) is 16.9 Å². The summed E-state index contributed by atoms with van der Waals surface area (Å²) in [6.45, 7) is 5.17. The molecule has 116 valence electrons. The fourth-order valence-corrected chi connectivity index (χ4v) is 3.27. The summed E-state index contributed by atoms with van der Waals surface area (Å²) in [5.41, 5.74) is 1.81. The van der Waals surface area contributed by atoms with E-state index in [9.17, 15) is 4.79 Å². The molecule has 0 spiro atoms. The second-order valence-corrected chi connectivity index (χ2v) is 5.75. The molecule has 1 aromatic rings. The minimum atomic E-state index is -0.923. The van der Waals surface area contributed by atoms with Gasteiger partial charge in [-0.1, -0.05) is 13.3 Å². The number of aryl methyl sites for hydroxylation is 2. The topological polar surface area (TPSA) is 58.4 Å². The van der Waals surface area contributed by atoms with Crippen LogP contribution in [0.5, 0.6) is 0 Å². The minimum absolute atomic E-state index is 0.538. The minimum Gasteiger partial charge on any atom is -0.478 e. The Kier molecular flexibility index (Phi) is 5.04. The first-order valence-corrected chi connectivity index (χ1v) is 7.75. The van der Waals surface area contributed by atoms with E-state index in [4.69, 9.17) is 5.11 Å². The van der Waals surface area contributed by atoms with E-state index in [1.807, 2.05) is 18.7 Å². The quantitative estimate of drug-likeness (QED) is 0.847. The van der Waals surface area contributed by atoms with Gasteiger partial charge in [-0.3, -0.25) is 4.68 Å². The fraction of sp³-hybridized carbons (Fsp3) is 0.625. The number of carboxylic acid groups (broad SMARTS) is 1. The third-order valence-corrected chi connectivity index (χ3v) is 4.15. The zero-order chi connectivity index (χ0) is 15.4. The average Bonchev–Trinajstić information content (AvgIpc) is 2.71. The van der Waals surface area contributed by atoms with E-state index in [1.165, 1.54) is 31.8 Å². The molecule has 1 fully saturated rings. The van der Waals surface area contributed by atoms with Gasteiger partial charge in [-0.2, -0.15) is 5.10 Å². The number of hydrogen-bond acceptors (Lipinski definition) is 3. The standard InChI is InChI=1S/C16H25N3O2/c1-4-7-13-8-5-6-11-19(13)16-14(9-10-15(20)21)12(2)17-18(16)3/h9-10,13H,4-8,11H2,1-3H3,(H,20,21)/b10-9+. The van der Waals surface area contributed by atoms with Crippen LogP contribution in [0.25, 0.3) is 6.08 Å². The van der Waals surface area contributed by atoms with Crippen LogP contribution in [0.4, 0.5) is 5.82 Å². The molecule has 2 heterocycles. The zero-order valence-corrected chi connectivity index (χ0v) is 13.2. The Balaban J connectivity index is 2.38. The summed E-state index contributed by atoms with van der Waals surface area (Å²) in [5.74, 6) is 0.135. The van der Waals surface area contributed by atoms with Crippen LogP contribution in [0, 0.1) is 6.92 Å². The van der Waals surface area contributed by atoms with Crippen LogP contribution < -0.4 is 4.90 Å². The van der Waals surface area contributed by atoms with Crippen LogP contribution in [0.2, 0.25) is 0 Å². The predicted octanol–water partition coefficient (Wildman–Crippen LogP) is 2.99. The van der Waals surface area contributed by atoms with Gasteiger partial charge >= 0.3 is 5.97 Å². The third kappa shape index (κ3) is 3.46. The van der Waals surface area contributed by atoms with Crippen LogP contribution in [-0.4, -0.2) is 33.4 Å². The first-order valence-electron chi connectivity index (χ1n) is 7.75. The lowest BCUT2D eigenvalue weighted by Gasteiger charge is -2.37. The predicted molar refractivity (Wildman–Crippen MR) is 84.5 cm³/mol. The van der Waals surface area contributed by atoms with Crippen molar-refractivity contribution < 1.29 is 9.90 Å². The van der Waals surface area contributed by atoms with Crippen molar-refractivity contribution in [2.45, 2.75) is 52.0 Å². The van der Waals surface area contributed by atoms with E-state index in [0.717, 1.165) is 30.0 Å². The van der Waals surface area contributed by atoms with Gasteiger partial charge < -0.3 is 10.0 Å². The summed E-state index contributed by atoms with van der Waals surface area (Å²) >= 11 is 0. The number of aromatic nitrogens is 2. The summed E-state index contributed by atoms with van der Waals surface area (Å²) in [6, 6.07) is 0.538. The highest BCUT2D eigenvalue weighted by atomic mass is 16.4. The van der Waals surface area contributed by atoms with Gasteiger partial charge in [0.2, 0.25) is 0 Å². The van der Waals surface area contributed by atoms with Crippen molar-refractivity contribution in [2.24, 2.45) is 7.05 Å². The Morgan fingerprint density at radius 2 is 2.24 bits per heavy atom. The summed E-state index contributed by atoms with van der Waals surface area (Å²) in [7, 11) is 1.94. The van der Waals surface area contributed by atoms with Crippen molar-refractivity contribution in [1.82, 2.24) is 9.78 Å². The molecule has 5 heteroatoms. The molecule has 1 N–H and O–H groups in total. The van der Waals surface area contributed by atoms with Crippen molar-refractivity contribution in [2.75, 3.05) is 11.4 Å². The lowest BCUT2D eigenvalue weighted by atomic mass is 9.97. The van der Waals surface area contributed by atoms with Crippen LogP contribution in [0.15, 0.2) is 6.08 Å². The fourth-order valence-electron chi connectivity index (χ4n) is 3.27. The molecule has 0 saturated carbocycles. The number of anilines is 1. The van der Waals surface area contributed by atoms with Crippen LogP contribution >= 0.6 is 0 Å². The van der Waals surface area contributed by atoms with Gasteiger partial charge in [0.25, 0.3) is 0 Å². The molecule has 21 heavy (non-hydrogen) atoms. The average molecular weight is 291 g/mol. The van der Waals surface area contributed by atoms with Gasteiger partial charge in [-0.25, -0.2) is 4.79 Å². The zero-order valence-electron chi connectivity index (χ0n) is 13.2. The molecule has 5 nitrogen and oxygen atoms in total. The molecule has 1 aliphatic heterocycles. The number of rotatable bonds is 5. The Hall–Kier alpha value is -1.78. The number of hydrogen-bond donors (Lipinski definition) is 1. The van der Waals surface area contributed by atoms with E-state index >= 15 is 0 Å². The monoisotopic (exact) mass is 291 g/mol. The highest BCUT2D eigenvalue weighted by Crippen LogP contribution is 2.31. The molecule has 1 atom stereocenters. The Morgan fingerprint density at radius 1 is 1.48 bits per heavy atom. The van der Waals surface area contributed by atoms with Crippen LogP contribution in [-0.2, 0) is 11.8 Å². The maximum absolute atomic E-state index is 10.8. The SMILES string of the molecule is CCCC1CCCCN1c1c(/C=C/C(=O)O)c(C)nn1C. The molecule has 1 unspecified atom stereocenters. The van der Waals surface area contributed by atoms with Crippen molar-refractivity contribution in [3.8, 4) is 0 Å². The maximum atomic E-state index is 10.8. The lowest BCUT2D eigenvalue weighted by molar-refractivity contribution is -0.131. The molecule has 1 aliphatic rings. The molecule has 0 bridgehead atoms. The smallest absolute Gasteiger partial charge is 0.328 e. The van der Waals surface area contributed by atoms with Crippen molar-refractivity contribution in [3.05, 3.63) is 17.3 Å². The van der Waals surface area contributed by atoms with Gasteiger partial charge in [0.05, 0.1) is 5.69 Å². The summed E-state index contributed by atoms with van der Waals surface area (Å²) in [6.07, 6.45) is 8.89. The Bertz CT molecular complexity index is 532. The maximum Gasteiger partial charge on any atom is 0.328 e. The van der Waals surface area contributed by atoms with E-state index < -0.39 is 5.97 Å². The Morgan fingerprint density at radius 3 is 2.90 bits per heavy atom. The molecular weight excluding hydrogens is 266 g/mol. The summed E-state index contributed by atoms with van der Waals surface area (Å²) in [5, 5.41) is 13.4. The lowest BCUT2D eigenvalue weighted by Crippen LogP contribution is -2.41. The van der Waals surface area contributed by atoms with Gasteiger partial charge in [0.1, 0.15) is 5.82 Å². The molecule has 2 rings (SSSR count). The number of piperidine rings is 1. The third-order valence-electron chi connectivity index (χ3n) is 4.15. The molecule has 0 aliphatic carbocycles. The number of carbonyl (C=O) groups is 1. The first kappa shape index (κ1) is 15.6. The van der Waals surface area contributed by atoms with E-state index in [-0.39, 0.29) is 0 Å². The molecule has 1 aromatic heterocycles. The van der Waals surface area contributed by atoms with Gasteiger partial charge in [0, 0.05) is 31.3 Å². The van der Waals surface area contributed by atoms with Gasteiger partial charge in [-0.15, -0.1) is 0 Å². The molecule has 0 radical (unpaired) electrons. The second kappa shape index (κ2) is 6.78. The van der Waals surface area contributed by atoms with Crippen molar-refractivity contribution in [3.63, 3.8) is 0 Å². The van der Waals surface area contributed by atoms with Crippen LogP contribution in [0.3, 0.4) is 0 Å². The van der Waals surface area contributed by atoms with E-state index in [0.29, 0.717) is 6.04 Å². The van der Waals surface area contributed by atoms with Crippen molar-refractivity contribution >= 4 is 17.9 Å². The molecule has 0 aromatic carbocycles. The van der Waals surface area contributed by atoms with Gasteiger partial charge in [-0.05, 0) is 38.7 Å². The van der Waals surface area contributed by atoms with E-state index in [1.54, 1.807) is 6.08 Å². The highest BCUT2D eigenvalue weighted by molar-refractivity contribution is 5.87. The highest BCUT2D eigenvalue weighted by Gasteiger charge is 2.26. The summed E-state index contributed by atoms with van der Waals surface area (Å²) < 4.78 is 1.89. The molecule has 0 amide bonds. The largest absolute Gasteiger partial charge is 0.478 e. The number of nitrogens with zero attached hydrogens (tertiary/aromatic N) is 3. The number of carboxylic acids is 1. The van der Waals surface area contributed by atoms with Gasteiger partial charge in [0.15, 0.2) is 0 Å². The normalized spacial score (nSPS) is 19.4. The summed E-state index contributed by atoms with van der Waals surface area (Å²) in [4.78, 5) is 13.2. The molecular formula is C16H25N3O2. The number of aliphatic carboxylic acids is 1. The van der Waals surface area contributed by atoms with Crippen LogP contribution in [0.1, 0.15) is 50.3 Å². The molecule has 1 saturated heterocycles. The Labute approximate surface area is 126 Å². The second-order valence-electron chi connectivity index (χ2n) is 5.75. The van der Waals surface area contributed by atoms with Crippen molar-refractivity contribution in [1.29, 1.82) is 0 Å².